The van der Waals surface area contributed by atoms with Crippen molar-refractivity contribution in [1.29, 1.82) is 0 Å². The number of aryl methyl sites for hydroxylation is 3. The maximum Gasteiger partial charge on any atom is 0.277 e. The first-order valence-electron chi connectivity index (χ1n) is 11.2. The minimum absolute atomic E-state index is 0.0354. The highest BCUT2D eigenvalue weighted by Gasteiger charge is 2.38. The molecule has 168 valence electrons. The van der Waals surface area contributed by atoms with Gasteiger partial charge in [-0.2, -0.15) is 5.10 Å². The van der Waals surface area contributed by atoms with Crippen LogP contribution in [0.25, 0.3) is 10.6 Å². The molecular weight excluding hydrogens is 424 g/mol. The first-order valence-corrected chi connectivity index (χ1v) is 12.0. The summed E-state index contributed by atoms with van der Waals surface area (Å²) in [5, 5.41) is 4.83. The Morgan fingerprint density at radius 1 is 1.25 bits per heavy atom. The molecular formula is C24H28N4O3S. The number of furan rings is 1. The number of carbonyl (C=O) groups excluding carboxylic acids is 1. The fraction of sp³-hybridized carbons (Fsp3) is 0.500. The van der Waals surface area contributed by atoms with Crippen molar-refractivity contribution in [3.8, 4) is 10.6 Å². The molecule has 0 bridgehead atoms. The lowest BCUT2D eigenvalue weighted by Crippen LogP contribution is -2.32. The molecule has 2 aliphatic carbocycles. The van der Waals surface area contributed by atoms with Crippen LogP contribution in [0, 0.1) is 26.7 Å². The zero-order valence-electron chi connectivity index (χ0n) is 19.1. The van der Waals surface area contributed by atoms with Gasteiger partial charge in [-0.05, 0) is 63.6 Å². The fourth-order valence-corrected chi connectivity index (χ4v) is 5.37. The van der Waals surface area contributed by atoms with Crippen molar-refractivity contribution < 1.29 is 9.21 Å². The number of hydrogen-bond acceptors (Lipinski definition) is 6. The van der Waals surface area contributed by atoms with Gasteiger partial charge in [-0.1, -0.05) is 6.92 Å². The minimum atomic E-state index is -0.197. The lowest BCUT2D eigenvalue weighted by molar-refractivity contribution is 0.0720. The lowest BCUT2D eigenvalue weighted by atomic mass is 10.1. The third-order valence-corrected chi connectivity index (χ3v) is 7.83. The topological polar surface area (TPSA) is 81.2 Å². The Kier molecular flexibility index (Phi) is 5.08. The minimum Gasteiger partial charge on any atom is -0.464 e. The number of amides is 1. The number of hydrogen-bond donors (Lipinski definition) is 0. The van der Waals surface area contributed by atoms with Crippen molar-refractivity contribution in [3.63, 3.8) is 0 Å². The summed E-state index contributed by atoms with van der Waals surface area (Å²) in [7, 11) is 1.64. The van der Waals surface area contributed by atoms with E-state index >= 15 is 0 Å². The maximum atomic E-state index is 13.6. The molecule has 32 heavy (non-hydrogen) atoms. The van der Waals surface area contributed by atoms with E-state index < -0.39 is 0 Å². The molecule has 7 nitrogen and oxygen atoms in total. The second-order valence-corrected chi connectivity index (χ2v) is 10.2. The summed E-state index contributed by atoms with van der Waals surface area (Å²) < 4.78 is 7.41. The van der Waals surface area contributed by atoms with Crippen molar-refractivity contribution in [2.75, 3.05) is 0 Å². The lowest BCUT2D eigenvalue weighted by Gasteiger charge is -2.20. The first kappa shape index (κ1) is 21.1. The van der Waals surface area contributed by atoms with E-state index in [0.717, 1.165) is 35.6 Å². The van der Waals surface area contributed by atoms with E-state index in [1.54, 1.807) is 7.05 Å². The van der Waals surface area contributed by atoms with Gasteiger partial charge in [0.1, 0.15) is 21.4 Å². The molecule has 0 aliphatic heterocycles. The molecule has 3 aromatic rings. The van der Waals surface area contributed by atoms with Crippen LogP contribution in [0.3, 0.4) is 0 Å². The average molecular weight is 453 g/mol. The van der Waals surface area contributed by atoms with Gasteiger partial charge in [-0.3, -0.25) is 9.59 Å². The number of nitrogens with zero attached hydrogens (tertiary/aromatic N) is 4. The zero-order chi connectivity index (χ0) is 22.7. The monoisotopic (exact) mass is 452 g/mol. The Balaban J connectivity index is 1.44. The van der Waals surface area contributed by atoms with Gasteiger partial charge in [-0.15, -0.1) is 11.3 Å². The molecule has 0 aromatic carbocycles. The first-order chi connectivity index (χ1) is 15.2. The van der Waals surface area contributed by atoms with Crippen LogP contribution in [0.4, 0.5) is 0 Å². The SMILES string of the molecule is Cc1nc(-c2c(C)c(C)nn(C)c2=O)sc1C(=O)N(Cc1ccc(C2CC2C)o1)C1CC1. The highest BCUT2D eigenvalue weighted by molar-refractivity contribution is 7.17. The molecule has 8 heteroatoms. The zero-order valence-corrected chi connectivity index (χ0v) is 20.0. The van der Waals surface area contributed by atoms with Gasteiger partial charge >= 0.3 is 0 Å². The van der Waals surface area contributed by atoms with Crippen molar-refractivity contribution in [1.82, 2.24) is 19.7 Å². The van der Waals surface area contributed by atoms with Crippen molar-refractivity contribution >= 4 is 17.2 Å². The van der Waals surface area contributed by atoms with Crippen LogP contribution in [0.5, 0.6) is 0 Å². The van der Waals surface area contributed by atoms with Crippen LogP contribution in [0.15, 0.2) is 21.3 Å². The number of thiazole rings is 1. The Hall–Kier alpha value is -2.74. The summed E-state index contributed by atoms with van der Waals surface area (Å²) in [6, 6.07) is 4.29. The van der Waals surface area contributed by atoms with Gasteiger partial charge < -0.3 is 9.32 Å². The van der Waals surface area contributed by atoms with Crippen LogP contribution in [0.1, 0.15) is 70.2 Å². The van der Waals surface area contributed by atoms with Crippen LogP contribution in [-0.4, -0.2) is 31.6 Å². The van der Waals surface area contributed by atoms with E-state index in [0.29, 0.717) is 39.5 Å². The molecule has 2 aliphatic rings. The van der Waals surface area contributed by atoms with Crippen LogP contribution in [-0.2, 0) is 13.6 Å². The van der Waals surface area contributed by atoms with Gasteiger partial charge in [0.05, 0.1) is 23.5 Å². The van der Waals surface area contributed by atoms with E-state index in [9.17, 15) is 9.59 Å². The molecule has 0 spiro atoms. The molecule has 0 radical (unpaired) electrons. The highest BCUT2D eigenvalue weighted by atomic mass is 32.1. The van der Waals surface area contributed by atoms with Gasteiger partial charge in [0.2, 0.25) is 0 Å². The van der Waals surface area contributed by atoms with E-state index in [2.05, 4.69) is 23.1 Å². The van der Waals surface area contributed by atoms with E-state index in [1.807, 2.05) is 31.7 Å². The van der Waals surface area contributed by atoms with Gasteiger partial charge in [0, 0.05) is 19.0 Å². The maximum absolute atomic E-state index is 13.6. The van der Waals surface area contributed by atoms with Crippen LogP contribution < -0.4 is 5.56 Å². The number of carbonyl (C=O) groups is 1. The van der Waals surface area contributed by atoms with Gasteiger partial charge in [-0.25, -0.2) is 9.67 Å². The molecule has 2 atom stereocenters. The summed E-state index contributed by atoms with van der Waals surface area (Å²) in [5.74, 6) is 3.03. The summed E-state index contributed by atoms with van der Waals surface area (Å²) in [6.45, 7) is 8.29. The standard InChI is InChI=1S/C24H28N4O3S/c1-12-10-18(12)19-9-8-17(31-19)11-28(16-6-7-16)24(30)21-15(4)25-22(32-21)20-13(2)14(3)26-27(5)23(20)29/h8-9,12,16,18H,6-7,10-11H2,1-5H3. The molecule has 3 heterocycles. The predicted octanol–water partition coefficient (Wildman–Crippen LogP) is 4.35. The molecule has 0 N–H and O–H groups in total. The molecule has 1 amide bonds. The molecule has 2 unspecified atom stereocenters. The molecule has 3 aromatic heterocycles. The Morgan fingerprint density at radius 2 is 1.97 bits per heavy atom. The summed E-state index contributed by atoms with van der Waals surface area (Å²) in [6.07, 6.45) is 3.19. The summed E-state index contributed by atoms with van der Waals surface area (Å²) in [5.41, 5.74) is 2.57. The summed E-state index contributed by atoms with van der Waals surface area (Å²) in [4.78, 5) is 33.5. The van der Waals surface area contributed by atoms with Crippen molar-refractivity contribution in [3.05, 3.63) is 55.8 Å². The fourth-order valence-electron chi connectivity index (χ4n) is 4.25. The largest absolute Gasteiger partial charge is 0.464 e. The Morgan fingerprint density at radius 3 is 2.62 bits per heavy atom. The quantitative estimate of drug-likeness (QED) is 0.555. The van der Waals surface area contributed by atoms with E-state index in [4.69, 9.17) is 4.42 Å². The number of aromatic nitrogens is 3. The van der Waals surface area contributed by atoms with Crippen molar-refractivity contribution in [2.24, 2.45) is 13.0 Å². The summed E-state index contributed by atoms with van der Waals surface area (Å²) >= 11 is 1.30. The van der Waals surface area contributed by atoms with Crippen molar-refractivity contribution in [2.45, 2.75) is 65.5 Å². The van der Waals surface area contributed by atoms with Crippen LogP contribution in [0.2, 0.25) is 0 Å². The van der Waals surface area contributed by atoms with Gasteiger partial charge in [0.15, 0.2) is 0 Å². The molecule has 0 saturated heterocycles. The Bertz CT molecular complexity index is 1270. The predicted molar refractivity (Wildman–Crippen MR) is 123 cm³/mol. The third kappa shape index (κ3) is 3.70. The van der Waals surface area contributed by atoms with E-state index in [1.165, 1.54) is 22.4 Å². The van der Waals surface area contributed by atoms with Gasteiger partial charge in [0.25, 0.3) is 11.5 Å². The average Bonchev–Trinajstić information content (AvgIpc) is 3.64. The normalized spacial score (nSPS) is 19.9. The smallest absolute Gasteiger partial charge is 0.277 e. The highest BCUT2D eigenvalue weighted by Crippen LogP contribution is 2.47. The number of rotatable bonds is 6. The van der Waals surface area contributed by atoms with E-state index in [-0.39, 0.29) is 17.5 Å². The molecule has 5 rings (SSSR count). The molecule has 2 fully saturated rings. The Labute approximate surface area is 191 Å². The second kappa shape index (κ2) is 7.69. The van der Waals surface area contributed by atoms with Crippen LogP contribution >= 0.6 is 11.3 Å². The third-order valence-electron chi connectivity index (χ3n) is 6.66. The molecule has 2 saturated carbocycles. The second-order valence-electron chi connectivity index (χ2n) is 9.24.